The van der Waals surface area contributed by atoms with E-state index >= 15 is 0 Å². The Kier molecular flexibility index (Phi) is 4.53. The van der Waals surface area contributed by atoms with Gasteiger partial charge in [-0.1, -0.05) is 30.3 Å². The molecule has 0 atom stereocenters. The zero-order chi connectivity index (χ0) is 18.6. The normalized spacial score (nSPS) is 12.9. The second kappa shape index (κ2) is 7.29. The predicted molar refractivity (Wildman–Crippen MR) is 102 cm³/mol. The lowest BCUT2D eigenvalue weighted by Crippen LogP contribution is -2.38. The van der Waals surface area contributed by atoms with Crippen LogP contribution in [0.1, 0.15) is 15.9 Å². The molecule has 0 saturated heterocycles. The van der Waals surface area contributed by atoms with Crippen LogP contribution in [0.4, 0.5) is 11.4 Å². The largest absolute Gasteiger partial charge is 0.482 e. The number of benzene rings is 2. The van der Waals surface area contributed by atoms with Crippen molar-refractivity contribution in [3.8, 4) is 5.75 Å². The van der Waals surface area contributed by atoms with Crippen LogP contribution in [0.3, 0.4) is 0 Å². The van der Waals surface area contributed by atoms with Crippen molar-refractivity contribution in [1.82, 2.24) is 4.98 Å². The summed E-state index contributed by atoms with van der Waals surface area (Å²) < 4.78 is 5.52. The van der Waals surface area contributed by atoms with Crippen LogP contribution in [-0.4, -0.2) is 23.4 Å². The maximum absolute atomic E-state index is 12.6. The minimum Gasteiger partial charge on any atom is -0.482 e. The van der Waals surface area contributed by atoms with Crippen molar-refractivity contribution in [3.05, 3.63) is 84.2 Å². The van der Waals surface area contributed by atoms with Crippen LogP contribution in [0.2, 0.25) is 0 Å². The second-order valence-corrected chi connectivity index (χ2v) is 6.13. The van der Waals surface area contributed by atoms with Crippen molar-refractivity contribution in [3.63, 3.8) is 0 Å². The van der Waals surface area contributed by atoms with Crippen molar-refractivity contribution < 1.29 is 14.3 Å². The maximum Gasteiger partial charge on any atom is 0.265 e. The fourth-order valence-corrected chi connectivity index (χ4v) is 2.92. The van der Waals surface area contributed by atoms with E-state index in [9.17, 15) is 9.59 Å². The van der Waals surface area contributed by atoms with Gasteiger partial charge in [0.15, 0.2) is 6.61 Å². The van der Waals surface area contributed by atoms with Gasteiger partial charge in [-0.05, 0) is 35.9 Å². The van der Waals surface area contributed by atoms with Crippen LogP contribution in [-0.2, 0) is 11.3 Å². The third-order valence-corrected chi connectivity index (χ3v) is 4.27. The third-order valence-electron chi connectivity index (χ3n) is 4.27. The Morgan fingerprint density at radius 3 is 2.74 bits per heavy atom. The molecule has 3 aromatic rings. The number of anilines is 2. The molecule has 27 heavy (non-hydrogen) atoms. The van der Waals surface area contributed by atoms with E-state index in [1.807, 2.05) is 30.3 Å². The van der Waals surface area contributed by atoms with Gasteiger partial charge in [0, 0.05) is 11.8 Å². The van der Waals surface area contributed by atoms with Gasteiger partial charge in [0.05, 0.1) is 24.1 Å². The number of nitrogens with zero attached hydrogens (tertiary/aromatic N) is 2. The molecule has 1 aromatic heterocycles. The molecule has 0 fully saturated rings. The Bertz CT molecular complexity index is 974. The average molecular weight is 359 g/mol. The van der Waals surface area contributed by atoms with E-state index in [-0.39, 0.29) is 18.4 Å². The molecular formula is C21H17N3O3. The first-order chi connectivity index (χ1) is 13.2. The number of nitrogens with one attached hydrogen (secondary N) is 1. The topological polar surface area (TPSA) is 71.5 Å². The van der Waals surface area contributed by atoms with Gasteiger partial charge in [0.2, 0.25) is 0 Å². The minimum atomic E-state index is -0.275. The Morgan fingerprint density at radius 1 is 1.11 bits per heavy atom. The van der Waals surface area contributed by atoms with Gasteiger partial charge in [0.25, 0.3) is 11.8 Å². The minimum absolute atomic E-state index is 0.0128. The van der Waals surface area contributed by atoms with Gasteiger partial charge in [-0.3, -0.25) is 14.6 Å². The highest BCUT2D eigenvalue weighted by Gasteiger charge is 2.26. The molecule has 2 amide bonds. The maximum atomic E-state index is 12.6. The van der Waals surface area contributed by atoms with Gasteiger partial charge >= 0.3 is 0 Å². The van der Waals surface area contributed by atoms with Gasteiger partial charge in [-0.25, -0.2) is 0 Å². The van der Waals surface area contributed by atoms with Crippen molar-refractivity contribution in [1.29, 1.82) is 0 Å². The molecule has 0 bridgehead atoms. The SMILES string of the molecule is O=C(Nc1cccnc1)c1ccc2c(c1)N(Cc1ccccc1)C(=O)CO2. The summed E-state index contributed by atoms with van der Waals surface area (Å²) in [6, 6.07) is 18.3. The molecule has 0 radical (unpaired) electrons. The summed E-state index contributed by atoms with van der Waals surface area (Å²) >= 11 is 0. The summed E-state index contributed by atoms with van der Waals surface area (Å²) in [5.41, 5.74) is 2.64. The van der Waals surface area contributed by atoms with E-state index in [1.165, 1.54) is 0 Å². The fourth-order valence-electron chi connectivity index (χ4n) is 2.92. The Labute approximate surface area is 156 Å². The summed E-state index contributed by atoms with van der Waals surface area (Å²) in [7, 11) is 0. The number of ether oxygens (including phenoxy) is 1. The average Bonchev–Trinajstić information content (AvgIpc) is 2.71. The molecule has 4 rings (SSSR count). The number of fused-ring (bicyclic) bond motifs is 1. The molecule has 2 heterocycles. The highest BCUT2D eigenvalue weighted by atomic mass is 16.5. The van der Waals surface area contributed by atoms with Crippen LogP contribution in [0.15, 0.2) is 73.1 Å². The van der Waals surface area contributed by atoms with Gasteiger partial charge in [-0.2, -0.15) is 0 Å². The molecule has 1 aliphatic heterocycles. The first-order valence-electron chi connectivity index (χ1n) is 8.53. The number of carbonyl (C=O) groups excluding carboxylic acids is 2. The van der Waals surface area contributed by atoms with Crippen LogP contribution in [0.25, 0.3) is 0 Å². The lowest BCUT2D eigenvalue weighted by Gasteiger charge is -2.29. The number of hydrogen-bond acceptors (Lipinski definition) is 4. The molecular weight excluding hydrogens is 342 g/mol. The third kappa shape index (κ3) is 3.64. The lowest BCUT2D eigenvalue weighted by molar-refractivity contribution is -0.121. The number of pyridine rings is 1. The second-order valence-electron chi connectivity index (χ2n) is 6.13. The van der Waals surface area contributed by atoms with Crippen molar-refractivity contribution in [2.45, 2.75) is 6.54 Å². The van der Waals surface area contributed by atoms with E-state index in [2.05, 4.69) is 10.3 Å². The Balaban J connectivity index is 1.62. The standard InChI is InChI=1S/C21H17N3O3/c25-20-14-27-19-9-8-16(21(26)23-17-7-4-10-22-12-17)11-18(19)24(20)13-15-5-2-1-3-6-15/h1-12H,13-14H2,(H,23,26). The monoisotopic (exact) mass is 359 g/mol. The first-order valence-corrected chi connectivity index (χ1v) is 8.53. The van der Waals surface area contributed by atoms with Crippen molar-refractivity contribution >= 4 is 23.2 Å². The highest BCUT2D eigenvalue weighted by Crippen LogP contribution is 2.34. The smallest absolute Gasteiger partial charge is 0.265 e. The van der Waals surface area contributed by atoms with E-state index in [0.717, 1.165) is 5.56 Å². The van der Waals surface area contributed by atoms with E-state index in [4.69, 9.17) is 4.74 Å². The lowest BCUT2D eigenvalue weighted by atomic mass is 10.1. The van der Waals surface area contributed by atoms with Gasteiger partial charge < -0.3 is 15.0 Å². The molecule has 1 N–H and O–H groups in total. The van der Waals surface area contributed by atoms with Crippen LogP contribution < -0.4 is 15.0 Å². The number of hydrogen-bond donors (Lipinski definition) is 1. The van der Waals surface area contributed by atoms with E-state index in [0.29, 0.717) is 29.2 Å². The molecule has 0 unspecified atom stereocenters. The molecule has 0 spiro atoms. The zero-order valence-electron chi connectivity index (χ0n) is 14.5. The number of rotatable bonds is 4. The molecule has 134 valence electrons. The van der Waals surface area contributed by atoms with Gasteiger partial charge in [0.1, 0.15) is 5.75 Å². The van der Waals surface area contributed by atoms with E-state index < -0.39 is 0 Å². The van der Waals surface area contributed by atoms with Gasteiger partial charge in [-0.15, -0.1) is 0 Å². The van der Waals surface area contributed by atoms with Crippen LogP contribution in [0.5, 0.6) is 5.75 Å². The molecule has 6 heteroatoms. The molecule has 1 aliphatic rings. The summed E-state index contributed by atoms with van der Waals surface area (Å²) in [6.07, 6.45) is 3.21. The molecule has 2 aromatic carbocycles. The summed E-state index contributed by atoms with van der Waals surface area (Å²) in [6.45, 7) is 0.408. The molecule has 0 saturated carbocycles. The van der Waals surface area contributed by atoms with E-state index in [1.54, 1.807) is 47.6 Å². The first kappa shape index (κ1) is 16.8. The number of carbonyl (C=O) groups is 2. The fraction of sp³-hybridized carbons (Fsp3) is 0.0952. The summed E-state index contributed by atoms with van der Waals surface area (Å²) in [4.78, 5) is 30.6. The molecule has 6 nitrogen and oxygen atoms in total. The molecule has 0 aliphatic carbocycles. The van der Waals surface area contributed by atoms with Crippen molar-refractivity contribution in [2.24, 2.45) is 0 Å². The number of aromatic nitrogens is 1. The summed E-state index contributed by atoms with van der Waals surface area (Å²) in [5.74, 6) is 0.170. The van der Waals surface area contributed by atoms with Crippen molar-refractivity contribution in [2.75, 3.05) is 16.8 Å². The Hall–Kier alpha value is -3.67. The van der Waals surface area contributed by atoms with Crippen LogP contribution >= 0.6 is 0 Å². The zero-order valence-corrected chi connectivity index (χ0v) is 14.5. The van der Waals surface area contributed by atoms with Crippen LogP contribution in [0, 0.1) is 0 Å². The quantitative estimate of drug-likeness (QED) is 0.776. The Morgan fingerprint density at radius 2 is 1.96 bits per heavy atom. The highest BCUT2D eigenvalue weighted by molar-refractivity contribution is 6.06. The number of amides is 2. The summed E-state index contributed by atoms with van der Waals surface area (Å²) in [5, 5.41) is 2.80. The predicted octanol–water partition coefficient (Wildman–Crippen LogP) is 3.26.